The van der Waals surface area contributed by atoms with Gasteiger partial charge in [-0.15, -0.1) is 5.92 Å². The standard InChI is InChI=1S/C17H14ClNO2/c1-3-4-12-5-6-13(17(20)21-2)11-16(12)19-15-9-7-14(18)8-10-15/h5-11,19H,1-2H3. The summed E-state index contributed by atoms with van der Waals surface area (Å²) in [5.41, 5.74) is 2.88. The number of carbonyl (C=O) groups excluding carboxylic acids is 1. The number of halogens is 1. The van der Waals surface area contributed by atoms with E-state index >= 15 is 0 Å². The molecule has 0 aliphatic carbocycles. The quantitative estimate of drug-likeness (QED) is 0.680. The molecule has 4 heteroatoms. The first-order valence-corrected chi connectivity index (χ1v) is 6.69. The molecule has 0 bridgehead atoms. The molecule has 21 heavy (non-hydrogen) atoms. The van der Waals surface area contributed by atoms with Gasteiger partial charge in [0.15, 0.2) is 0 Å². The highest BCUT2D eigenvalue weighted by atomic mass is 35.5. The van der Waals surface area contributed by atoms with Crippen LogP contribution < -0.4 is 5.32 Å². The number of anilines is 2. The third-order valence-corrected chi connectivity index (χ3v) is 3.08. The Hall–Kier alpha value is -2.44. The van der Waals surface area contributed by atoms with Crippen LogP contribution in [0.1, 0.15) is 22.8 Å². The lowest BCUT2D eigenvalue weighted by atomic mass is 10.1. The first-order valence-electron chi connectivity index (χ1n) is 6.31. The molecule has 0 aliphatic heterocycles. The zero-order chi connectivity index (χ0) is 15.2. The minimum Gasteiger partial charge on any atom is -0.465 e. The van der Waals surface area contributed by atoms with Crippen molar-refractivity contribution in [3.63, 3.8) is 0 Å². The molecule has 0 saturated carbocycles. The van der Waals surface area contributed by atoms with Gasteiger partial charge >= 0.3 is 5.97 Å². The van der Waals surface area contributed by atoms with E-state index in [0.717, 1.165) is 16.9 Å². The van der Waals surface area contributed by atoms with Gasteiger partial charge in [0.05, 0.1) is 18.4 Å². The van der Waals surface area contributed by atoms with Crippen molar-refractivity contribution in [2.45, 2.75) is 6.92 Å². The van der Waals surface area contributed by atoms with E-state index in [1.807, 2.05) is 12.1 Å². The van der Waals surface area contributed by atoms with Crippen LogP contribution in [0.2, 0.25) is 5.02 Å². The number of esters is 1. The molecule has 0 aromatic heterocycles. The lowest BCUT2D eigenvalue weighted by Gasteiger charge is -2.10. The summed E-state index contributed by atoms with van der Waals surface area (Å²) >= 11 is 5.87. The Morgan fingerprint density at radius 3 is 2.52 bits per heavy atom. The Balaban J connectivity index is 2.39. The lowest BCUT2D eigenvalue weighted by molar-refractivity contribution is 0.0601. The number of nitrogens with one attached hydrogen (secondary N) is 1. The summed E-state index contributed by atoms with van der Waals surface area (Å²) in [5.74, 6) is 5.47. The average molecular weight is 300 g/mol. The monoisotopic (exact) mass is 299 g/mol. The number of carbonyl (C=O) groups is 1. The molecule has 106 valence electrons. The molecule has 2 aromatic rings. The van der Waals surface area contributed by atoms with Crippen molar-refractivity contribution in [1.29, 1.82) is 0 Å². The van der Waals surface area contributed by atoms with Gasteiger partial charge in [-0.2, -0.15) is 0 Å². The van der Waals surface area contributed by atoms with Crippen LogP contribution >= 0.6 is 11.6 Å². The normalized spacial score (nSPS) is 9.48. The van der Waals surface area contributed by atoms with Crippen molar-refractivity contribution in [2.24, 2.45) is 0 Å². The molecule has 0 spiro atoms. The Morgan fingerprint density at radius 1 is 1.19 bits per heavy atom. The van der Waals surface area contributed by atoms with Gasteiger partial charge in [-0.05, 0) is 49.4 Å². The molecular weight excluding hydrogens is 286 g/mol. The van der Waals surface area contributed by atoms with Crippen LogP contribution in [0.4, 0.5) is 11.4 Å². The van der Waals surface area contributed by atoms with Crippen LogP contribution in [0.25, 0.3) is 0 Å². The fourth-order valence-electron chi connectivity index (χ4n) is 1.82. The van der Waals surface area contributed by atoms with Crippen molar-refractivity contribution in [2.75, 3.05) is 12.4 Å². The minimum atomic E-state index is -0.384. The number of benzene rings is 2. The summed E-state index contributed by atoms with van der Waals surface area (Å²) in [5, 5.41) is 3.90. The molecule has 2 rings (SSSR count). The second-order valence-electron chi connectivity index (χ2n) is 4.26. The van der Waals surface area contributed by atoms with Gasteiger partial charge < -0.3 is 10.1 Å². The summed E-state index contributed by atoms with van der Waals surface area (Å²) < 4.78 is 4.74. The molecule has 0 atom stereocenters. The summed E-state index contributed by atoms with van der Waals surface area (Å²) in [7, 11) is 1.36. The first-order chi connectivity index (χ1) is 10.1. The van der Waals surface area contributed by atoms with Crippen molar-refractivity contribution in [1.82, 2.24) is 0 Å². The van der Waals surface area contributed by atoms with Gasteiger partial charge in [-0.3, -0.25) is 0 Å². The van der Waals surface area contributed by atoms with Crippen molar-refractivity contribution in [3.8, 4) is 11.8 Å². The summed E-state index contributed by atoms with van der Waals surface area (Å²) in [6, 6.07) is 12.5. The lowest BCUT2D eigenvalue weighted by Crippen LogP contribution is -2.03. The molecule has 0 radical (unpaired) electrons. The van der Waals surface area contributed by atoms with Crippen LogP contribution in [0, 0.1) is 11.8 Å². The maximum Gasteiger partial charge on any atom is 0.337 e. The van der Waals surface area contributed by atoms with Crippen LogP contribution in [0.5, 0.6) is 0 Å². The Morgan fingerprint density at radius 2 is 1.90 bits per heavy atom. The number of ether oxygens (including phenoxy) is 1. The molecular formula is C17H14ClNO2. The highest BCUT2D eigenvalue weighted by Crippen LogP contribution is 2.23. The van der Waals surface area contributed by atoms with E-state index < -0.39 is 0 Å². The second kappa shape index (κ2) is 6.83. The van der Waals surface area contributed by atoms with Gasteiger partial charge in [0.1, 0.15) is 0 Å². The zero-order valence-electron chi connectivity index (χ0n) is 11.7. The van der Waals surface area contributed by atoms with Gasteiger partial charge in [0.25, 0.3) is 0 Å². The Labute approximate surface area is 128 Å². The van der Waals surface area contributed by atoms with Gasteiger partial charge in [-0.1, -0.05) is 17.5 Å². The first kappa shape index (κ1) is 15.0. The van der Waals surface area contributed by atoms with E-state index in [0.29, 0.717) is 10.6 Å². The molecule has 2 aromatic carbocycles. The SMILES string of the molecule is CC#Cc1ccc(C(=O)OC)cc1Nc1ccc(Cl)cc1. The van der Waals surface area contributed by atoms with Gasteiger partial charge in [0, 0.05) is 16.3 Å². The van der Waals surface area contributed by atoms with E-state index in [4.69, 9.17) is 16.3 Å². The van der Waals surface area contributed by atoms with Gasteiger partial charge in [-0.25, -0.2) is 4.79 Å². The molecule has 0 aliphatic rings. The smallest absolute Gasteiger partial charge is 0.337 e. The maximum atomic E-state index is 11.6. The molecule has 0 heterocycles. The number of hydrogen-bond donors (Lipinski definition) is 1. The topological polar surface area (TPSA) is 38.3 Å². The largest absolute Gasteiger partial charge is 0.465 e. The van der Waals surface area contributed by atoms with E-state index in [9.17, 15) is 4.79 Å². The molecule has 0 fully saturated rings. The Kier molecular flexibility index (Phi) is 4.86. The predicted octanol–water partition coefficient (Wildman–Crippen LogP) is 4.24. The average Bonchev–Trinajstić information content (AvgIpc) is 2.50. The third-order valence-electron chi connectivity index (χ3n) is 2.82. The summed E-state index contributed by atoms with van der Waals surface area (Å²) in [4.78, 5) is 11.6. The highest BCUT2D eigenvalue weighted by molar-refractivity contribution is 6.30. The van der Waals surface area contributed by atoms with Gasteiger partial charge in [0.2, 0.25) is 0 Å². The van der Waals surface area contributed by atoms with Crippen LogP contribution in [0.15, 0.2) is 42.5 Å². The minimum absolute atomic E-state index is 0.384. The maximum absolute atomic E-state index is 11.6. The van der Waals surface area contributed by atoms with Crippen LogP contribution in [0.3, 0.4) is 0 Å². The fourth-order valence-corrected chi connectivity index (χ4v) is 1.95. The fraction of sp³-hybridized carbons (Fsp3) is 0.118. The van der Waals surface area contributed by atoms with E-state index in [1.165, 1.54) is 7.11 Å². The number of methoxy groups -OCH3 is 1. The van der Waals surface area contributed by atoms with E-state index in [2.05, 4.69) is 17.2 Å². The van der Waals surface area contributed by atoms with Crippen molar-refractivity contribution >= 4 is 28.9 Å². The van der Waals surface area contributed by atoms with Crippen LogP contribution in [-0.2, 0) is 4.74 Å². The molecule has 3 nitrogen and oxygen atoms in total. The molecule has 0 amide bonds. The predicted molar refractivity (Wildman–Crippen MR) is 85.1 cm³/mol. The summed E-state index contributed by atoms with van der Waals surface area (Å²) in [6.45, 7) is 1.76. The highest BCUT2D eigenvalue weighted by Gasteiger charge is 2.09. The zero-order valence-corrected chi connectivity index (χ0v) is 12.5. The molecule has 0 unspecified atom stereocenters. The Bertz CT molecular complexity index is 712. The van der Waals surface area contributed by atoms with E-state index in [1.54, 1.807) is 37.3 Å². The van der Waals surface area contributed by atoms with Crippen molar-refractivity contribution < 1.29 is 9.53 Å². The number of hydrogen-bond acceptors (Lipinski definition) is 3. The van der Waals surface area contributed by atoms with Crippen molar-refractivity contribution in [3.05, 3.63) is 58.6 Å². The molecule has 0 saturated heterocycles. The molecule has 1 N–H and O–H groups in total. The third kappa shape index (κ3) is 3.77. The van der Waals surface area contributed by atoms with E-state index in [-0.39, 0.29) is 5.97 Å². The number of rotatable bonds is 3. The second-order valence-corrected chi connectivity index (χ2v) is 4.70. The van der Waals surface area contributed by atoms with Crippen LogP contribution in [-0.4, -0.2) is 13.1 Å². The summed E-state index contributed by atoms with van der Waals surface area (Å²) in [6.07, 6.45) is 0.